The van der Waals surface area contributed by atoms with Crippen molar-refractivity contribution in [3.05, 3.63) is 35.4 Å². The Balaban J connectivity index is 1.87. The normalized spacial score (nSPS) is 16.5. The molecule has 1 aliphatic rings. The lowest BCUT2D eigenvalue weighted by Gasteiger charge is -2.37. The monoisotopic (exact) mass is 403 g/mol. The van der Waals surface area contributed by atoms with Crippen LogP contribution in [-0.2, 0) is 11.3 Å². The maximum atomic E-state index is 12.2. The number of carbonyl (C=O) groups is 1. The zero-order valence-electron chi connectivity index (χ0n) is 18.3. The van der Waals surface area contributed by atoms with Crippen LogP contribution in [0.25, 0.3) is 0 Å². The van der Waals surface area contributed by atoms with Crippen molar-refractivity contribution in [2.24, 2.45) is 10.9 Å². The van der Waals surface area contributed by atoms with Crippen LogP contribution >= 0.6 is 0 Å². The van der Waals surface area contributed by atoms with Crippen LogP contribution in [0, 0.1) is 5.92 Å². The first-order valence-electron chi connectivity index (χ1n) is 10.7. The van der Waals surface area contributed by atoms with E-state index in [4.69, 9.17) is 4.74 Å². The van der Waals surface area contributed by atoms with Gasteiger partial charge in [-0.05, 0) is 30.0 Å². The second-order valence-electron chi connectivity index (χ2n) is 7.72. The number of hydrogen-bond donors (Lipinski definition) is 3. The number of carbonyl (C=O) groups excluding carboxylic acids is 1. The fraction of sp³-hybridized carbons (Fsp3) is 0.636. The van der Waals surface area contributed by atoms with E-state index in [1.54, 1.807) is 7.05 Å². The first-order chi connectivity index (χ1) is 14.0. The summed E-state index contributed by atoms with van der Waals surface area (Å²) in [7, 11) is 1.78. The summed E-state index contributed by atoms with van der Waals surface area (Å²) in [5.41, 5.74) is 1.73. The number of guanidine groups is 1. The molecule has 1 amide bonds. The van der Waals surface area contributed by atoms with E-state index in [0.29, 0.717) is 30.6 Å². The van der Waals surface area contributed by atoms with Crippen LogP contribution in [0.1, 0.15) is 43.1 Å². The van der Waals surface area contributed by atoms with Gasteiger partial charge in [0.1, 0.15) is 0 Å². The van der Waals surface area contributed by atoms with E-state index in [-0.39, 0.29) is 5.91 Å². The lowest BCUT2D eigenvalue weighted by Crippen LogP contribution is -2.52. The van der Waals surface area contributed by atoms with Crippen molar-refractivity contribution in [1.29, 1.82) is 0 Å². The summed E-state index contributed by atoms with van der Waals surface area (Å²) in [6.07, 6.45) is 0.927. The summed E-state index contributed by atoms with van der Waals surface area (Å²) in [5, 5.41) is 9.73. The van der Waals surface area contributed by atoms with Gasteiger partial charge in [0.15, 0.2) is 5.96 Å². The number of rotatable bonds is 9. The Morgan fingerprint density at radius 3 is 2.62 bits per heavy atom. The Morgan fingerprint density at radius 1 is 1.21 bits per heavy atom. The van der Waals surface area contributed by atoms with Crippen molar-refractivity contribution in [2.45, 2.75) is 39.8 Å². The summed E-state index contributed by atoms with van der Waals surface area (Å²) >= 11 is 0. The SMILES string of the molecule is CCCNC(=O)c1cccc(CNC(=NC)NCC(C(C)C)N2CCOCC2)c1. The second-order valence-corrected chi connectivity index (χ2v) is 7.72. The minimum Gasteiger partial charge on any atom is -0.379 e. The van der Waals surface area contributed by atoms with Crippen LogP contribution in [0.15, 0.2) is 29.3 Å². The summed E-state index contributed by atoms with van der Waals surface area (Å²) < 4.78 is 5.49. The molecule has 0 radical (unpaired) electrons. The van der Waals surface area contributed by atoms with Gasteiger partial charge >= 0.3 is 0 Å². The highest BCUT2D eigenvalue weighted by Crippen LogP contribution is 2.12. The third-order valence-corrected chi connectivity index (χ3v) is 5.17. The van der Waals surface area contributed by atoms with Gasteiger partial charge in [-0.1, -0.05) is 32.9 Å². The lowest BCUT2D eigenvalue weighted by atomic mass is 10.0. The molecule has 1 aromatic carbocycles. The van der Waals surface area contributed by atoms with Crippen molar-refractivity contribution in [2.75, 3.05) is 46.4 Å². The van der Waals surface area contributed by atoms with Gasteiger partial charge in [0, 0.05) is 51.4 Å². The zero-order valence-corrected chi connectivity index (χ0v) is 18.3. The molecule has 1 aliphatic heterocycles. The molecule has 0 aromatic heterocycles. The van der Waals surface area contributed by atoms with Crippen LogP contribution < -0.4 is 16.0 Å². The van der Waals surface area contributed by atoms with Crippen LogP contribution in [0.5, 0.6) is 0 Å². The van der Waals surface area contributed by atoms with Gasteiger partial charge in [-0.3, -0.25) is 14.7 Å². The highest BCUT2D eigenvalue weighted by Gasteiger charge is 2.23. The smallest absolute Gasteiger partial charge is 0.251 e. The van der Waals surface area contributed by atoms with Crippen LogP contribution in [0.2, 0.25) is 0 Å². The fourth-order valence-corrected chi connectivity index (χ4v) is 3.47. The van der Waals surface area contributed by atoms with Gasteiger partial charge in [-0.25, -0.2) is 0 Å². The molecule has 2 rings (SSSR count). The van der Waals surface area contributed by atoms with Crippen molar-refractivity contribution in [3.8, 4) is 0 Å². The molecule has 0 aliphatic carbocycles. The quantitative estimate of drug-likeness (QED) is 0.433. The standard InChI is InChI=1S/C22H37N5O2/c1-5-9-24-21(28)19-8-6-7-18(14-19)15-25-22(23-4)26-16-20(17(2)3)27-10-12-29-13-11-27/h6-8,14,17,20H,5,9-13,15-16H2,1-4H3,(H,24,28)(H2,23,25,26). The molecule has 1 fully saturated rings. The fourth-order valence-electron chi connectivity index (χ4n) is 3.47. The molecule has 0 bridgehead atoms. The summed E-state index contributed by atoms with van der Waals surface area (Å²) in [6, 6.07) is 8.14. The molecular weight excluding hydrogens is 366 g/mol. The zero-order chi connectivity index (χ0) is 21.1. The summed E-state index contributed by atoms with van der Waals surface area (Å²) in [4.78, 5) is 19.0. The van der Waals surface area contributed by atoms with E-state index >= 15 is 0 Å². The summed E-state index contributed by atoms with van der Waals surface area (Å²) in [5.74, 6) is 1.28. The van der Waals surface area contributed by atoms with E-state index in [1.807, 2.05) is 31.2 Å². The molecule has 0 spiro atoms. The number of aliphatic imine (C=N–C) groups is 1. The van der Waals surface area contributed by atoms with Crippen LogP contribution in [0.3, 0.4) is 0 Å². The molecular formula is C22H37N5O2. The topological polar surface area (TPSA) is 78.0 Å². The number of nitrogens with zero attached hydrogens (tertiary/aromatic N) is 2. The summed E-state index contributed by atoms with van der Waals surface area (Å²) in [6.45, 7) is 12.2. The lowest BCUT2D eigenvalue weighted by molar-refractivity contribution is 0.00752. The van der Waals surface area contributed by atoms with E-state index in [1.165, 1.54) is 0 Å². The van der Waals surface area contributed by atoms with Crippen molar-refractivity contribution >= 4 is 11.9 Å². The number of ether oxygens (including phenoxy) is 1. The predicted molar refractivity (Wildman–Crippen MR) is 118 cm³/mol. The predicted octanol–water partition coefficient (Wildman–Crippen LogP) is 1.85. The van der Waals surface area contributed by atoms with Crippen molar-refractivity contribution < 1.29 is 9.53 Å². The van der Waals surface area contributed by atoms with Gasteiger partial charge in [-0.2, -0.15) is 0 Å². The molecule has 162 valence electrons. The Morgan fingerprint density at radius 2 is 1.97 bits per heavy atom. The minimum absolute atomic E-state index is 0.0264. The first-order valence-corrected chi connectivity index (χ1v) is 10.7. The largest absolute Gasteiger partial charge is 0.379 e. The van der Waals surface area contributed by atoms with E-state index < -0.39 is 0 Å². The molecule has 1 atom stereocenters. The van der Waals surface area contributed by atoms with E-state index in [9.17, 15) is 4.79 Å². The molecule has 1 heterocycles. The molecule has 1 saturated heterocycles. The average Bonchev–Trinajstić information content (AvgIpc) is 2.75. The third kappa shape index (κ3) is 7.66. The van der Waals surface area contributed by atoms with Crippen molar-refractivity contribution in [1.82, 2.24) is 20.9 Å². The maximum absolute atomic E-state index is 12.2. The number of amides is 1. The molecule has 7 nitrogen and oxygen atoms in total. The van der Waals surface area contributed by atoms with Gasteiger partial charge in [0.25, 0.3) is 5.91 Å². The van der Waals surface area contributed by atoms with E-state index in [2.05, 4.69) is 39.7 Å². The molecule has 1 aromatic rings. The third-order valence-electron chi connectivity index (χ3n) is 5.17. The molecule has 7 heteroatoms. The Kier molecular flexibility index (Phi) is 9.94. The highest BCUT2D eigenvalue weighted by molar-refractivity contribution is 5.94. The Hall–Kier alpha value is -2.12. The highest BCUT2D eigenvalue weighted by atomic mass is 16.5. The Labute approximate surface area is 175 Å². The first kappa shape index (κ1) is 23.2. The van der Waals surface area contributed by atoms with Crippen LogP contribution in [0.4, 0.5) is 0 Å². The van der Waals surface area contributed by atoms with Crippen molar-refractivity contribution in [3.63, 3.8) is 0 Å². The number of morpholine rings is 1. The molecule has 0 saturated carbocycles. The Bertz CT molecular complexity index is 656. The molecule has 1 unspecified atom stereocenters. The average molecular weight is 404 g/mol. The number of hydrogen-bond acceptors (Lipinski definition) is 4. The van der Waals surface area contributed by atoms with Gasteiger partial charge in [-0.15, -0.1) is 0 Å². The minimum atomic E-state index is -0.0264. The molecule has 3 N–H and O–H groups in total. The van der Waals surface area contributed by atoms with Gasteiger partial charge in [0.05, 0.1) is 13.2 Å². The van der Waals surface area contributed by atoms with Gasteiger partial charge in [0.2, 0.25) is 0 Å². The van der Waals surface area contributed by atoms with Crippen LogP contribution in [-0.4, -0.2) is 69.2 Å². The maximum Gasteiger partial charge on any atom is 0.251 e. The second kappa shape index (κ2) is 12.4. The molecule has 29 heavy (non-hydrogen) atoms. The van der Waals surface area contributed by atoms with Gasteiger partial charge < -0.3 is 20.7 Å². The number of benzene rings is 1. The number of nitrogens with one attached hydrogen (secondary N) is 3. The van der Waals surface area contributed by atoms with E-state index in [0.717, 1.165) is 50.8 Å².